The first-order chi connectivity index (χ1) is 14.0. The summed E-state index contributed by atoms with van der Waals surface area (Å²) in [5.41, 5.74) is 7.30. The summed E-state index contributed by atoms with van der Waals surface area (Å²) in [5.74, 6) is -0.125. The van der Waals surface area contributed by atoms with Gasteiger partial charge in [-0.05, 0) is 47.0 Å². The van der Waals surface area contributed by atoms with E-state index in [1.807, 2.05) is 42.5 Å². The first-order valence-corrected chi connectivity index (χ1v) is 9.57. The van der Waals surface area contributed by atoms with Crippen LogP contribution in [0.25, 0.3) is 10.8 Å². The number of likely N-dealkylation sites (N-methyl/N-ethyl adjacent to an activating group) is 1. The first kappa shape index (κ1) is 20.2. The van der Waals surface area contributed by atoms with Crippen LogP contribution in [-0.4, -0.2) is 34.5 Å². The highest BCUT2D eigenvalue weighted by Crippen LogP contribution is 2.17. The molecule has 150 valence electrons. The van der Waals surface area contributed by atoms with Crippen LogP contribution in [0.5, 0.6) is 5.75 Å². The molecule has 6 nitrogen and oxygen atoms in total. The van der Waals surface area contributed by atoms with Gasteiger partial charge in [0.2, 0.25) is 5.91 Å². The molecule has 0 saturated carbocycles. The number of nitrogens with two attached hydrogens (primary N) is 1. The minimum atomic E-state index is -0.734. The van der Waals surface area contributed by atoms with Crippen LogP contribution in [0.3, 0.4) is 0 Å². The number of amides is 3. The zero-order valence-electron chi connectivity index (χ0n) is 16.3. The maximum absolute atomic E-state index is 12.9. The summed E-state index contributed by atoms with van der Waals surface area (Å²) in [5, 5.41) is 14.6. The molecule has 0 fully saturated rings. The summed E-state index contributed by atoms with van der Waals surface area (Å²) in [4.78, 5) is 26.2. The number of fused-ring (bicyclic) bond motifs is 1. The first-order valence-electron chi connectivity index (χ1n) is 9.57. The molecule has 0 bridgehead atoms. The molecule has 29 heavy (non-hydrogen) atoms. The summed E-state index contributed by atoms with van der Waals surface area (Å²) in [7, 11) is 0. The van der Waals surface area contributed by atoms with Gasteiger partial charge in [-0.25, -0.2) is 4.79 Å². The van der Waals surface area contributed by atoms with Crippen molar-refractivity contribution < 1.29 is 14.7 Å². The average molecular weight is 391 g/mol. The molecule has 4 N–H and O–H groups in total. The Morgan fingerprint density at radius 2 is 1.66 bits per heavy atom. The number of aromatic hydroxyl groups is 1. The molecule has 0 saturated heterocycles. The van der Waals surface area contributed by atoms with Crippen LogP contribution in [0, 0.1) is 0 Å². The van der Waals surface area contributed by atoms with Crippen molar-refractivity contribution in [1.29, 1.82) is 0 Å². The highest BCUT2D eigenvalue weighted by Gasteiger charge is 2.27. The predicted molar refractivity (Wildman–Crippen MR) is 113 cm³/mol. The zero-order chi connectivity index (χ0) is 20.8. The van der Waals surface area contributed by atoms with Gasteiger partial charge in [0.15, 0.2) is 0 Å². The summed E-state index contributed by atoms with van der Waals surface area (Å²) >= 11 is 0. The van der Waals surface area contributed by atoms with E-state index in [9.17, 15) is 14.7 Å². The number of benzene rings is 3. The molecule has 0 radical (unpaired) electrons. The summed E-state index contributed by atoms with van der Waals surface area (Å²) in [6.07, 6.45) is 0.306. The van der Waals surface area contributed by atoms with E-state index in [2.05, 4.69) is 5.32 Å². The maximum Gasteiger partial charge on any atom is 0.315 e. The zero-order valence-corrected chi connectivity index (χ0v) is 16.3. The minimum absolute atomic E-state index is 0.147. The summed E-state index contributed by atoms with van der Waals surface area (Å²) in [6, 6.07) is 19.3. The van der Waals surface area contributed by atoms with Crippen LogP contribution < -0.4 is 11.1 Å². The minimum Gasteiger partial charge on any atom is -0.508 e. The second kappa shape index (κ2) is 9.10. The maximum atomic E-state index is 12.9. The number of hydrogen-bond donors (Lipinski definition) is 3. The molecule has 0 spiro atoms. The Bertz CT molecular complexity index is 1000. The number of hydrogen-bond acceptors (Lipinski definition) is 3. The molecule has 0 aromatic heterocycles. The fourth-order valence-corrected chi connectivity index (χ4v) is 3.39. The van der Waals surface area contributed by atoms with E-state index in [1.165, 1.54) is 4.90 Å². The molecule has 0 unspecified atom stereocenters. The third-order valence-corrected chi connectivity index (χ3v) is 4.95. The van der Waals surface area contributed by atoms with Gasteiger partial charge in [-0.15, -0.1) is 0 Å². The summed E-state index contributed by atoms with van der Waals surface area (Å²) < 4.78 is 0. The van der Waals surface area contributed by atoms with Gasteiger partial charge in [-0.1, -0.05) is 48.5 Å². The highest BCUT2D eigenvalue weighted by atomic mass is 16.3. The molecule has 3 aromatic rings. The topological polar surface area (TPSA) is 95.7 Å². The Morgan fingerprint density at radius 3 is 2.31 bits per heavy atom. The molecular weight excluding hydrogens is 366 g/mol. The molecule has 0 aliphatic heterocycles. The smallest absolute Gasteiger partial charge is 0.315 e. The lowest BCUT2D eigenvalue weighted by Crippen LogP contribution is -2.52. The third-order valence-electron chi connectivity index (χ3n) is 4.95. The second-order valence-electron chi connectivity index (χ2n) is 6.91. The molecular formula is C23H25N3O3. The van der Waals surface area contributed by atoms with Crippen molar-refractivity contribution in [3.8, 4) is 5.75 Å². The number of phenols is 1. The van der Waals surface area contributed by atoms with Crippen LogP contribution in [0.15, 0.2) is 66.7 Å². The Hall–Kier alpha value is -3.54. The van der Waals surface area contributed by atoms with Crippen LogP contribution in [0.4, 0.5) is 4.79 Å². The quantitative estimate of drug-likeness (QED) is 0.577. The number of rotatable bonds is 7. The molecule has 1 atom stereocenters. The lowest BCUT2D eigenvalue weighted by Gasteiger charge is -2.28. The molecule has 3 amide bonds. The standard InChI is InChI=1S/C23H25N3O3/c1-2-26(23(24)29)21(14-16-8-11-20(27)12-9-16)22(28)25-15-17-7-10-18-5-3-4-6-19(18)13-17/h3-13,21,27H,2,14-15H2,1H3,(H2,24,29)(H,25,28)/t21-/m0/s1. The van der Waals surface area contributed by atoms with E-state index in [-0.39, 0.29) is 11.7 Å². The van der Waals surface area contributed by atoms with Crippen molar-refractivity contribution in [3.63, 3.8) is 0 Å². The Kier molecular flexibility index (Phi) is 6.34. The van der Waals surface area contributed by atoms with Crippen molar-refractivity contribution in [2.75, 3.05) is 6.54 Å². The normalized spacial score (nSPS) is 11.8. The monoisotopic (exact) mass is 391 g/mol. The Morgan fingerprint density at radius 1 is 1.00 bits per heavy atom. The van der Waals surface area contributed by atoms with Gasteiger partial charge in [0, 0.05) is 19.5 Å². The lowest BCUT2D eigenvalue weighted by molar-refractivity contribution is -0.125. The molecule has 3 aromatic carbocycles. The largest absolute Gasteiger partial charge is 0.508 e. The van der Waals surface area contributed by atoms with E-state index in [0.717, 1.165) is 21.9 Å². The Labute approximate surface area is 169 Å². The second-order valence-corrected chi connectivity index (χ2v) is 6.91. The number of primary amides is 1. The number of phenolic OH excluding ortho intramolecular Hbond substituents is 1. The van der Waals surface area contributed by atoms with Crippen molar-refractivity contribution in [2.45, 2.75) is 25.9 Å². The highest BCUT2D eigenvalue weighted by molar-refractivity contribution is 5.87. The molecule has 0 aliphatic carbocycles. The van der Waals surface area contributed by atoms with Gasteiger partial charge in [0.1, 0.15) is 11.8 Å². The fourth-order valence-electron chi connectivity index (χ4n) is 3.39. The summed E-state index contributed by atoms with van der Waals surface area (Å²) in [6.45, 7) is 2.46. The van der Waals surface area contributed by atoms with Crippen molar-refractivity contribution in [2.24, 2.45) is 5.73 Å². The fraction of sp³-hybridized carbons (Fsp3) is 0.217. The molecule has 6 heteroatoms. The average Bonchev–Trinajstić information content (AvgIpc) is 2.73. The van der Waals surface area contributed by atoms with Gasteiger partial charge in [-0.3, -0.25) is 4.79 Å². The van der Waals surface area contributed by atoms with Gasteiger partial charge in [-0.2, -0.15) is 0 Å². The van der Waals surface area contributed by atoms with Gasteiger partial charge >= 0.3 is 6.03 Å². The Balaban J connectivity index is 1.75. The molecule has 0 heterocycles. The van der Waals surface area contributed by atoms with Gasteiger partial charge in [0.05, 0.1) is 0 Å². The van der Waals surface area contributed by atoms with Gasteiger partial charge < -0.3 is 21.1 Å². The molecule has 3 rings (SSSR count). The van der Waals surface area contributed by atoms with Crippen molar-refractivity contribution in [3.05, 3.63) is 77.9 Å². The SMILES string of the molecule is CCN(C(N)=O)[C@@H](Cc1ccc(O)cc1)C(=O)NCc1ccc2ccccc2c1. The van der Waals surface area contributed by atoms with E-state index in [4.69, 9.17) is 5.73 Å². The van der Waals surface area contributed by atoms with E-state index in [0.29, 0.717) is 19.5 Å². The number of nitrogens with zero attached hydrogens (tertiary/aromatic N) is 1. The number of carbonyl (C=O) groups is 2. The number of nitrogens with one attached hydrogen (secondary N) is 1. The van der Waals surface area contributed by atoms with Crippen LogP contribution >= 0.6 is 0 Å². The van der Waals surface area contributed by atoms with Crippen molar-refractivity contribution in [1.82, 2.24) is 10.2 Å². The van der Waals surface area contributed by atoms with E-state index in [1.54, 1.807) is 31.2 Å². The molecule has 0 aliphatic rings. The van der Waals surface area contributed by atoms with E-state index >= 15 is 0 Å². The number of carbonyl (C=O) groups excluding carboxylic acids is 2. The number of urea groups is 1. The van der Waals surface area contributed by atoms with Gasteiger partial charge in [0.25, 0.3) is 0 Å². The third kappa shape index (κ3) is 5.04. The van der Waals surface area contributed by atoms with E-state index < -0.39 is 12.1 Å². The van der Waals surface area contributed by atoms with Crippen molar-refractivity contribution >= 4 is 22.7 Å². The lowest BCUT2D eigenvalue weighted by atomic mass is 10.0. The van der Waals surface area contributed by atoms with Crippen LogP contribution in [0.2, 0.25) is 0 Å². The van der Waals surface area contributed by atoms with Crippen LogP contribution in [-0.2, 0) is 17.8 Å². The predicted octanol–water partition coefficient (Wildman–Crippen LogP) is 3.17. The van der Waals surface area contributed by atoms with Crippen LogP contribution in [0.1, 0.15) is 18.1 Å².